The van der Waals surface area contributed by atoms with Crippen molar-refractivity contribution in [3.8, 4) is 0 Å². The number of hydrogen-bond donors (Lipinski definition) is 1. The summed E-state index contributed by atoms with van der Waals surface area (Å²) in [7, 11) is -3.69. The summed E-state index contributed by atoms with van der Waals surface area (Å²) in [6, 6.07) is 0. The van der Waals surface area contributed by atoms with Crippen LogP contribution in [-0.2, 0) is 10.1 Å². The van der Waals surface area contributed by atoms with E-state index in [1.807, 2.05) is 6.92 Å². The van der Waals surface area contributed by atoms with Gasteiger partial charge in [-0.3, -0.25) is 4.55 Å². The Morgan fingerprint density at radius 1 is 1.44 bits per heavy atom. The molecule has 0 atom stereocenters. The van der Waals surface area contributed by atoms with Crippen LogP contribution in [0.15, 0.2) is 0 Å². The quantitative estimate of drug-likeness (QED) is 0.463. The minimum atomic E-state index is -3.69. The Bertz CT molecular complexity index is 140. The van der Waals surface area contributed by atoms with E-state index in [0.29, 0.717) is 6.42 Å². The maximum absolute atomic E-state index is 9.95. The minimum Gasteiger partial charge on any atom is -0.286 e. The Morgan fingerprint density at radius 3 is 2.00 bits per heavy atom. The lowest BCUT2D eigenvalue weighted by molar-refractivity contribution is 0.480. The topological polar surface area (TPSA) is 54.4 Å². The molecule has 0 rings (SSSR count). The maximum Gasteiger partial charge on any atom is 0.316 e. The number of rotatable bonds is 3. The van der Waals surface area contributed by atoms with Crippen LogP contribution in [0.1, 0.15) is 19.8 Å². The van der Waals surface area contributed by atoms with E-state index >= 15 is 0 Å². The zero-order valence-corrected chi connectivity index (χ0v) is 5.61. The van der Waals surface area contributed by atoms with Crippen LogP contribution in [-0.4, -0.2) is 41.8 Å². The fourth-order valence-electron chi connectivity index (χ4n) is 0.327. The summed E-state index contributed by atoms with van der Waals surface area (Å²) < 4.78 is 28.0. The zero-order chi connectivity index (χ0) is 6.62. The normalized spacial score (nSPS) is 10.4. The van der Waals surface area contributed by atoms with E-state index in [9.17, 15) is 8.42 Å². The Morgan fingerprint density at radius 2 is 1.89 bits per heavy atom. The molecule has 9 heavy (non-hydrogen) atoms. The second kappa shape index (κ2) is 5.46. The average molecular weight is 165 g/mol. The molecule has 0 unspecified atom stereocenters. The van der Waals surface area contributed by atoms with Crippen molar-refractivity contribution in [1.82, 2.24) is 0 Å². The second-order valence-corrected chi connectivity index (χ2v) is 3.21. The molecular formula is C4H12MgO3S. The molecule has 0 fully saturated rings. The van der Waals surface area contributed by atoms with Crippen molar-refractivity contribution in [2.45, 2.75) is 19.8 Å². The van der Waals surface area contributed by atoms with E-state index in [0.717, 1.165) is 6.42 Å². The molecule has 0 aliphatic carbocycles. The highest BCUT2D eigenvalue weighted by Gasteiger charge is 2.00. The van der Waals surface area contributed by atoms with Gasteiger partial charge in [-0.05, 0) is 6.42 Å². The second-order valence-electron chi connectivity index (χ2n) is 1.64. The molecule has 0 aromatic heterocycles. The Kier molecular flexibility index (Phi) is 7.50. The molecule has 0 radical (unpaired) electrons. The molecule has 1 N–H and O–H groups in total. The van der Waals surface area contributed by atoms with Crippen LogP contribution in [0.25, 0.3) is 0 Å². The molecule has 0 bridgehead atoms. The first kappa shape index (κ1) is 12.4. The molecule has 54 valence electrons. The van der Waals surface area contributed by atoms with Crippen molar-refractivity contribution in [1.29, 1.82) is 0 Å². The minimum absolute atomic E-state index is 0. The molecule has 0 amide bonds. The van der Waals surface area contributed by atoms with Crippen LogP contribution in [0.2, 0.25) is 0 Å². The van der Waals surface area contributed by atoms with Crippen molar-refractivity contribution in [3.63, 3.8) is 0 Å². The summed E-state index contributed by atoms with van der Waals surface area (Å²) in [5, 5.41) is 0. The summed E-state index contributed by atoms with van der Waals surface area (Å²) in [5.41, 5.74) is 0. The molecule has 0 aliphatic heterocycles. The highest BCUT2D eigenvalue weighted by atomic mass is 32.2. The Hall–Kier alpha value is 0.676. The molecule has 0 saturated carbocycles. The van der Waals surface area contributed by atoms with Gasteiger partial charge in [0.1, 0.15) is 0 Å². The molecule has 0 heterocycles. The van der Waals surface area contributed by atoms with Crippen molar-refractivity contribution >= 4 is 33.2 Å². The summed E-state index contributed by atoms with van der Waals surface area (Å²) >= 11 is 0. The predicted octanol–water partition coefficient (Wildman–Crippen LogP) is -0.242. The van der Waals surface area contributed by atoms with Crippen LogP contribution < -0.4 is 0 Å². The van der Waals surface area contributed by atoms with Crippen LogP contribution in [0, 0.1) is 0 Å². The molecule has 3 nitrogen and oxygen atoms in total. The van der Waals surface area contributed by atoms with Gasteiger partial charge in [0.25, 0.3) is 10.1 Å². The van der Waals surface area contributed by atoms with Crippen molar-refractivity contribution in [2.75, 3.05) is 5.75 Å². The lowest BCUT2D eigenvalue weighted by atomic mass is 10.4. The van der Waals surface area contributed by atoms with Crippen LogP contribution in [0.3, 0.4) is 0 Å². The molecule has 0 aromatic rings. The third-order valence-corrected chi connectivity index (χ3v) is 1.56. The summed E-state index contributed by atoms with van der Waals surface area (Å²) in [4.78, 5) is 0. The molecule has 5 heteroatoms. The van der Waals surface area contributed by atoms with Gasteiger partial charge in [0.05, 0.1) is 5.75 Å². The fraction of sp³-hybridized carbons (Fsp3) is 1.00. The average Bonchev–Trinajstić information content (AvgIpc) is 1.59. The first-order valence-electron chi connectivity index (χ1n) is 2.51. The van der Waals surface area contributed by atoms with Crippen molar-refractivity contribution < 1.29 is 13.0 Å². The van der Waals surface area contributed by atoms with Crippen molar-refractivity contribution in [2.24, 2.45) is 0 Å². The first-order chi connectivity index (χ1) is 3.56. The molecule has 0 aromatic carbocycles. The maximum atomic E-state index is 9.95. The number of hydrogen-bond acceptors (Lipinski definition) is 2. The predicted molar refractivity (Wildman–Crippen MR) is 39.9 cm³/mol. The van der Waals surface area contributed by atoms with E-state index in [1.165, 1.54) is 0 Å². The molecular weight excluding hydrogens is 152 g/mol. The number of unbranched alkanes of at least 4 members (excludes halogenated alkanes) is 1. The van der Waals surface area contributed by atoms with Gasteiger partial charge in [-0.1, -0.05) is 13.3 Å². The lowest BCUT2D eigenvalue weighted by Gasteiger charge is -1.90. The van der Waals surface area contributed by atoms with Crippen LogP contribution in [0.4, 0.5) is 0 Å². The zero-order valence-electron chi connectivity index (χ0n) is 4.79. The Balaban J connectivity index is 0. The molecule has 0 saturated heterocycles. The van der Waals surface area contributed by atoms with Gasteiger partial charge in [-0.25, -0.2) is 0 Å². The summed E-state index contributed by atoms with van der Waals surface area (Å²) in [6.45, 7) is 1.87. The standard InChI is InChI=1S/C4H10O3S.Mg.2H/c1-2-3-4-8(5,6)7;;;/h2-4H2,1H3,(H,5,6,7);;;. The van der Waals surface area contributed by atoms with E-state index in [1.54, 1.807) is 0 Å². The van der Waals surface area contributed by atoms with E-state index in [2.05, 4.69) is 0 Å². The Labute approximate surface area is 71.7 Å². The van der Waals surface area contributed by atoms with Gasteiger partial charge < -0.3 is 0 Å². The largest absolute Gasteiger partial charge is 0.316 e. The van der Waals surface area contributed by atoms with Gasteiger partial charge in [-0.15, -0.1) is 0 Å². The monoisotopic (exact) mass is 164 g/mol. The lowest BCUT2D eigenvalue weighted by Crippen LogP contribution is -2.02. The van der Waals surface area contributed by atoms with E-state index < -0.39 is 10.1 Å². The smallest absolute Gasteiger partial charge is 0.286 e. The SMILES string of the molecule is CCCCS(=O)(=O)O.[MgH2]. The van der Waals surface area contributed by atoms with E-state index in [-0.39, 0.29) is 28.8 Å². The third kappa shape index (κ3) is 12.0. The van der Waals surface area contributed by atoms with Crippen LogP contribution >= 0.6 is 0 Å². The molecule has 0 spiro atoms. The fourth-order valence-corrected chi connectivity index (χ4v) is 0.980. The van der Waals surface area contributed by atoms with Gasteiger partial charge in [-0.2, -0.15) is 8.42 Å². The van der Waals surface area contributed by atoms with Crippen LogP contribution in [0.5, 0.6) is 0 Å². The van der Waals surface area contributed by atoms with E-state index in [4.69, 9.17) is 4.55 Å². The summed E-state index contributed by atoms with van der Waals surface area (Å²) in [6.07, 6.45) is 1.33. The third-order valence-electron chi connectivity index (χ3n) is 0.756. The summed E-state index contributed by atoms with van der Waals surface area (Å²) in [5.74, 6) is -0.108. The van der Waals surface area contributed by atoms with Crippen molar-refractivity contribution in [3.05, 3.63) is 0 Å². The highest BCUT2D eigenvalue weighted by molar-refractivity contribution is 7.85. The van der Waals surface area contributed by atoms with Gasteiger partial charge in [0.2, 0.25) is 0 Å². The van der Waals surface area contributed by atoms with Gasteiger partial charge >= 0.3 is 23.1 Å². The molecule has 0 aliphatic rings. The van der Waals surface area contributed by atoms with Gasteiger partial charge in [0.15, 0.2) is 0 Å². The highest BCUT2D eigenvalue weighted by Crippen LogP contribution is 1.90. The first-order valence-corrected chi connectivity index (χ1v) is 4.12. The van der Waals surface area contributed by atoms with Gasteiger partial charge in [0, 0.05) is 0 Å².